The van der Waals surface area contributed by atoms with Gasteiger partial charge in [-0.2, -0.15) is 12.7 Å². The molecular formula is C24H37N3O8S. The maximum Gasteiger partial charge on any atom is 0.422 e. The lowest BCUT2D eigenvalue weighted by Crippen LogP contribution is -2.56. The molecule has 0 aliphatic carbocycles. The first-order chi connectivity index (χ1) is 16.5. The van der Waals surface area contributed by atoms with Gasteiger partial charge in [0.25, 0.3) is 0 Å². The summed E-state index contributed by atoms with van der Waals surface area (Å²) in [5.41, 5.74) is -1.25. The summed E-state index contributed by atoms with van der Waals surface area (Å²) >= 11 is 0. The first-order valence-corrected chi connectivity index (χ1v) is 13.1. The number of hydrogen-bond acceptors (Lipinski definition) is 8. The van der Waals surface area contributed by atoms with Crippen LogP contribution in [0.4, 0.5) is 9.59 Å². The van der Waals surface area contributed by atoms with E-state index in [9.17, 15) is 22.8 Å². The van der Waals surface area contributed by atoms with Gasteiger partial charge in [0.2, 0.25) is 0 Å². The lowest BCUT2D eigenvalue weighted by atomic mass is 10.0. The number of hydrogen-bond donors (Lipinski definition) is 1. The van der Waals surface area contributed by atoms with E-state index >= 15 is 0 Å². The minimum atomic E-state index is -4.59. The third-order valence-corrected chi connectivity index (χ3v) is 6.65. The van der Waals surface area contributed by atoms with Gasteiger partial charge in [0, 0.05) is 19.1 Å². The average molecular weight is 528 g/mol. The second kappa shape index (κ2) is 11.5. The van der Waals surface area contributed by atoms with Crippen molar-refractivity contribution < 1.29 is 37.0 Å². The molecule has 2 rings (SSSR count). The van der Waals surface area contributed by atoms with Crippen molar-refractivity contribution in [2.24, 2.45) is 0 Å². The molecule has 1 aliphatic heterocycles. The largest absolute Gasteiger partial charge is 0.468 e. The van der Waals surface area contributed by atoms with E-state index in [1.807, 2.05) is 4.72 Å². The van der Waals surface area contributed by atoms with E-state index in [1.165, 1.54) is 4.90 Å². The minimum absolute atomic E-state index is 0.195. The smallest absolute Gasteiger partial charge is 0.422 e. The predicted octanol–water partition coefficient (Wildman–Crippen LogP) is 3.37. The highest BCUT2D eigenvalue weighted by molar-refractivity contribution is 7.87. The first-order valence-electron chi connectivity index (χ1n) is 11.7. The number of carbonyl (C=O) groups is 3. The number of ether oxygens (including phenoxy) is 3. The maximum atomic E-state index is 13.6. The Morgan fingerprint density at radius 2 is 1.50 bits per heavy atom. The SMILES string of the molecule is COC(=O)[C@H](c1ccccc1)N(C1CCN(C(=O)OC(C)(C)C)CC1)S(=O)(=O)NC(=O)OC(C)(C)C. The Morgan fingerprint density at radius 1 is 0.972 bits per heavy atom. The standard InChI is InChI=1S/C24H37N3O8S/c1-23(2,3)34-21(29)25-36(31,32)27(19(20(28)33-7)17-11-9-8-10-12-17)18-13-15-26(16-14-18)22(30)35-24(4,5)6/h8-12,18-19H,13-16H2,1-7H3,(H,25,29)/t19-/m0/s1. The number of nitrogens with one attached hydrogen (secondary N) is 1. The molecule has 1 aliphatic rings. The van der Waals surface area contributed by atoms with E-state index in [1.54, 1.807) is 71.9 Å². The molecule has 1 aromatic carbocycles. The van der Waals surface area contributed by atoms with Crippen LogP contribution in [0.5, 0.6) is 0 Å². The molecule has 11 nitrogen and oxygen atoms in total. The van der Waals surface area contributed by atoms with Crippen molar-refractivity contribution >= 4 is 28.4 Å². The highest BCUT2D eigenvalue weighted by atomic mass is 32.2. The molecule has 1 heterocycles. The van der Waals surface area contributed by atoms with Crippen molar-refractivity contribution in [2.75, 3.05) is 20.2 Å². The number of carbonyl (C=O) groups excluding carboxylic acids is 3. The van der Waals surface area contributed by atoms with Crippen molar-refractivity contribution in [2.45, 2.75) is 77.7 Å². The van der Waals surface area contributed by atoms with Gasteiger partial charge in [0.1, 0.15) is 17.2 Å². The average Bonchev–Trinajstić information content (AvgIpc) is 2.74. The van der Waals surface area contributed by atoms with Gasteiger partial charge in [-0.05, 0) is 59.9 Å². The van der Waals surface area contributed by atoms with Crippen LogP contribution in [0.25, 0.3) is 0 Å². The summed E-state index contributed by atoms with van der Waals surface area (Å²) in [7, 11) is -3.43. The van der Waals surface area contributed by atoms with Crippen molar-refractivity contribution in [3.8, 4) is 0 Å². The molecule has 1 fully saturated rings. The minimum Gasteiger partial charge on any atom is -0.468 e. The third-order valence-electron chi connectivity index (χ3n) is 5.16. The van der Waals surface area contributed by atoms with Gasteiger partial charge < -0.3 is 19.1 Å². The Kier molecular flexibility index (Phi) is 9.35. The molecule has 0 spiro atoms. The summed E-state index contributed by atoms with van der Waals surface area (Å²) in [6.45, 7) is 10.5. The number of benzene rings is 1. The van der Waals surface area contributed by atoms with Crippen molar-refractivity contribution in [3.05, 3.63) is 35.9 Å². The van der Waals surface area contributed by atoms with Gasteiger partial charge in [0.15, 0.2) is 0 Å². The molecule has 202 valence electrons. The number of amides is 2. The molecule has 12 heteroatoms. The van der Waals surface area contributed by atoms with Crippen LogP contribution in [0.15, 0.2) is 30.3 Å². The first kappa shape index (κ1) is 29.4. The van der Waals surface area contributed by atoms with Gasteiger partial charge in [-0.1, -0.05) is 30.3 Å². The molecular weight excluding hydrogens is 490 g/mol. The Morgan fingerprint density at radius 3 is 1.97 bits per heavy atom. The Balaban J connectivity index is 2.41. The molecule has 0 unspecified atom stereocenters. The van der Waals surface area contributed by atoms with Crippen LogP contribution >= 0.6 is 0 Å². The van der Waals surface area contributed by atoms with Gasteiger partial charge in [0.05, 0.1) is 7.11 Å². The number of rotatable bonds is 6. The van der Waals surface area contributed by atoms with Crippen molar-refractivity contribution in [1.29, 1.82) is 0 Å². The zero-order valence-corrected chi connectivity index (χ0v) is 22.8. The lowest BCUT2D eigenvalue weighted by molar-refractivity contribution is -0.146. The monoisotopic (exact) mass is 527 g/mol. The van der Waals surface area contributed by atoms with Crippen LogP contribution < -0.4 is 4.72 Å². The summed E-state index contributed by atoms with van der Waals surface area (Å²) in [6.07, 6.45) is -1.27. The van der Waals surface area contributed by atoms with E-state index in [4.69, 9.17) is 14.2 Å². The zero-order valence-electron chi connectivity index (χ0n) is 21.9. The molecule has 0 radical (unpaired) electrons. The second-order valence-corrected chi connectivity index (χ2v) is 12.0. The van der Waals surface area contributed by atoms with E-state index in [0.717, 1.165) is 11.4 Å². The van der Waals surface area contributed by atoms with Crippen LogP contribution in [-0.4, -0.2) is 73.2 Å². The molecule has 36 heavy (non-hydrogen) atoms. The fraction of sp³-hybridized carbons (Fsp3) is 0.625. The molecule has 0 saturated carbocycles. The number of likely N-dealkylation sites (tertiary alicyclic amines) is 1. The van der Waals surface area contributed by atoms with Crippen molar-refractivity contribution in [3.63, 3.8) is 0 Å². The highest BCUT2D eigenvalue weighted by Gasteiger charge is 2.44. The van der Waals surface area contributed by atoms with Gasteiger partial charge in [-0.25, -0.2) is 19.1 Å². The fourth-order valence-corrected chi connectivity index (χ4v) is 5.21. The molecule has 2 amide bonds. The topological polar surface area (TPSA) is 132 Å². The molecule has 0 bridgehead atoms. The summed E-state index contributed by atoms with van der Waals surface area (Å²) in [5, 5.41) is 0. The summed E-state index contributed by atoms with van der Waals surface area (Å²) in [5.74, 6) is -0.815. The van der Waals surface area contributed by atoms with Crippen LogP contribution in [0.1, 0.15) is 66.0 Å². The van der Waals surface area contributed by atoms with E-state index in [2.05, 4.69) is 0 Å². The van der Waals surface area contributed by atoms with Crippen LogP contribution in [-0.2, 0) is 29.2 Å². The fourth-order valence-electron chi connectivity index (χ4n) is 3.77. The van der Waals surface area contributed by atoms with Crippen LogP contribution in [0.3, 0.4) is 0 Å². The second-order valence-electron chi connectivity index (χ2n) is 10.5. The lowest BCUT2D eigenvalue weighted by Gasteiger charge is -2.40. The predicted molar refractivity (Wildman–Crippen MR) is 132 cm³/mol. The Hall–Kier alpha value is -2.86. The molecule has 1 aromatic rings. The third kappa shape index (κ3) is 8.37. The number of nitrogens with zero attached hydrogens (tertiary/aromatic N) is 2. The molecule has 1 saturated heterocycles. The van der Waals surface area contributed by atoms with Crippen LogP contribution in [0.2, 0.25) is 0 Å². The quantitative estimate of drug-likeness (QED) is 0.440. The van der Waals surface area contributed by atoms with E-state index in [0.29, 0.717) is 5.56 Å². The maximum absolute atomic E-state index is 13.6. The highest BCUT2D eigenvalue weighted by Crippen LogP contribution is 2.32. The molecule has 1 atom stereocenters. The summed E-state index contributed by atoms with van der Waals surface area (Å²) in [6, 6.07) is 6.18. The van der Waals surface area contributed by atoms with Gasteiger partial charge in [-0.3, -0.25) is 0 Å². The molecule has 0 aromatic heterocycles. The number of methoxy groups -OCH3 is 1. The summed E-state index contributed by atoms with van der Waals surface area (Å²) in [4.78, 5) is 39.3. The number of esters is 1. The van der Waals surface area contributed by atoms with Gasteiger partial charge in [-0.15, -0.1) is 0 Å². The van der Waals surface area contributed by atoms with E-state index in [-0.39, 0.29) is 25.9 Å². The van der Waals surface area contributed by atoms with Gasteiger partial charge >= 0.3 is 28.4 Å². The molecule has 1 N–H and O–H groups in total. The number of piperidine rings is 1. The summed E-state index contributed by atoms with van der Waals surface area (Å²) < 4.78 is 45.5. The van der Waals surface area contributed by atoms with E-state index < -0.39 is 51.7 Å². The Bertz CT molecular complexity index is 1020. The zero-order chi connectivity index (χ0) is 27.3. The Labute approximate surface area is 213 Å². The van der Waals surface area contributed by atoms with Crippen molar-refractivity contribution in [1.82, 2.24) is 13.9 Å². The normalized spacial score (nSPS) is 16.3. The van der Waals surface area contributed by atoms with Crippen LogP contribution in [0, 0.1) is 0 Å².